The van der Waals surface area contributed by atoms with Gasteiger partial charge in [-0.05, 0) is 15.6 Å². The largest absolute Gasteiger partial charge is 0.0695 e. The first-order chi connectivity index (χ1) is 6.62. The van der Waals surface area contributed by atoms with Crippen LogP contribution in [0.2, 0.25) is 42.9 Å². The molecule has 2 heteroatoms. The van der Waals surface area contributed by atoms with E-state index in [9.17, 15) is 0 Å². The second kappa shape index (κ2) is 4.27. The molecule has 0 radical (unpaired) electrons. The lowest BCUT2D eigenvalue weighted by molar-refractivity contribution is 0.417. The van der Waals surface area contributed by atoms with Crippen LogP contribution in [0.4, 0.5) is 0 Å². The van der Waals surface area contributed by atoms with Gasteiger partial charge in [-0.1, -0.05) is 74.3 Å². The molecular formula is C14H34Si2. The van der Waals surface area contributed by atoms with Crippen LogP contribution in [0.25, 0.3) is 0 Å². The molecule has 0 aliphatic carbocycles. The van der Waals surface area contributed by atoms with E-state index >= 15 is 0 Å². The van der Waals surface area contributed by atoms with E-state index in [1.807, 2.05) is 0 Å². The van der Waals surface area contributed by atoms with Gasteiger partial charge in [0, 0.05) is 8.07 Å². The Kier molecular flexibility index (Phi) is 4.39. The Morgan fingerprint density at radius 1 is 0.688 bits per heavy atom. The summed E-state index contributed by atoms with van der Waals surface area (Å²) >= 11 is 0. The van der Waals surface area contributed by atoms with Gasteiger partial charge in [-0.2, -0.15) is 0 Å². The van der Waals surface area contributed by atoms with Crippen molar-refractivity contribution in [2.24, 2.45) is 5.41 Å². The third-order valence-electron chi connectivity index (χ3n) is 4.39. The maximum Gasteiger partial charge on any atom is 0.0537 e. The van der Waals surface area contributed by atoms with Crippen molar-refractivity contribution in [1.82, 2.24) is 0 Å². The summed E-state index contributed by atoms with van der Waals surface area (Å²) in [4.78, 5) is 0. The van der Waals surface area contributed by atoms with E-state index in [0.717, 1.165) is 5.16 Å². The van der Waals surface area contributed by atoms with Gasteiger partial charge >= 0.3 is 0 Å². The van der Waals surface area contributed by atoms with Gasteiger partial charge in [0.1, 0.15) is 0 Å². The van der Waals surface area contributed by atoms with Crippen LogP contribution in [0.15, 0.2) is 0 Å². The molecule has 0 fully saturated rings. The minimum atomic E-state index is -1.24. The quantitative estimate of drug-likeness (QED) is 0.550. The van der Waals surface area contributed by atoms with Gasteiger partial charge in [-0.3, -0.25) is 0 Å². The summed E-state index contributed by atoms with van der Waals surface area (Å²) in [6, 6.07) is 0. The van der Waals surface area contributed by atoms with Gasteiger partial charge in [0.05, 0.1) is 8.07 Å². The molecule has 0 aromatic carbocycles. The average molecular weight is 259 g/mol. The third-order valence-corrected chi connectivity index (χ3v) is 17.9. The van der Waals surface area contributed by atoms with Gasteiger partial charge in [0.2, 0.25) is 0 Å². The van der Waals surface area contributed by atoms with Gasteiger partial charge < -0.3 is 0 Å². The third kappa shape index (κ3) is 3.46. The first kappa shape index (κ1) is 16.4. The summed E-state index contributed by atoms with van der Waals surface area (Å²) in [6.45, 7) is 27.6. The SMILES string of the molecule is CC(C)(C)C([Si](C)(C)C)[Si](C)(C)C(C)(C)C. The lowest BCUT2D eigenvalue weighted by Gasteiger charge is -2.54. The molecule has 0 spiro atoms. The van der Waals surface area contributed by atoms with Gasteiger partial charge in [0.15, 0.2) is 0 Å². The van der Waals surface area contributed by atoms with Crippen LogP contribution in [0.5, 0.6) is 0 Å². The molecule has 0 aromatic rings. The molecule has 98 valence electrons. The maximum atomic E-state index is 2.61. The fraction of sp³-hybridized carbons (Fsp3) is 1.00. The summed E-state index contributed by atoms with van der Waals surface area (Å²) in [6.07, 6.45) is 0. The van der Waals surface area contributed by atoms with E-state index in [0.29, 0.717) is 10.5 Å². The summed E-state index contributed by atoms with van der Waals surface area (Å²) in [7, 11) is -2.35. The normalized spacial score (nSPS) is 17.4. The smallest absolute Gasteiger partial charge is 0.0537 e. The Balaban J connectivity index is 5.57. The van der Waals surface area contributed by atoms with Crippen LogP contribution in [0.1, 0.15) is 41.5 Å². The van der Waals surface area contributed by atoms with Crippen LogP contribution in [0, 0.1) is 5.41 Å². The zero-order chi connectivity index (χ0) is 13.6. The first-order valence-corrected chi connectivity index (χ1v) is 13.3. The molecule has 0 saturated heterocycles. The number of rotatable bonds is 2. The van der Waals surface area contributed by atoms with Crippen molar-refractivity contribution in [1.29, 1.82) is 0 Å². The van der Waals surface area contributed by atoms with E-state index in [1.54, 1.807) is 0 Å². The molecule has 16 heavy (non-hydrogen) atoms. The van der Waals surface area contributed by atoms with Crippen LogP contribution in [-0.4, -0.2) is 16.1 Å². The lowest BCUT2D eigenvalue weighted by atomic mass is 10.00. The fourth-order valence-electron chi connectivity index (χ4n) is 3.90. The van der Waals surface area contributed by atoms with Crippen LogP contribution in [0.3, 0.4) is 0 Å². The second-order valence-corrected chi connectivity index (χ2v) is 20.5. The lowest BCUT2D eigenvalue weighted by Crippen LogP contribution is -2.56. The van der Waals surface area contributed by atoms with Crippen molar-refractivity contribution < 1.29 is 0 Å². The molecule has 0 amide bonds. The Hall–Kier alpha value is 0.434. The van der Waals surface area contributed by atoms with Crippen molar-refractivity contribution in [3.8, 4) is 0 Å². The molecule has 0 rings (SSSR count). The Bertz CT molecular complexity index is 219. The average Bonchev–Trinajstić information content (AvgIpc) is 1.72. The minimum absolute atomic E-state index is 0.466. The van der Waals surface area contributed by atoms with Crippen LogP contribution in [-0.2, 0) is 0 Å². The molecule has 0 nitrogen and oxygen atoms in total. The molecule has 0 aliphatic heterocycles. The fourth-order valence-corrected chi connectivity index (χ4v) is 19.5. The van der Waals surface area contributed by atoms with Crippen LogP contribution >= 0.6 is 0 Å². The second-order valence-electron chi connectivity index (χ2n) is 9.14. The molecule has 0 N–H and O–H groups in total. The van der Waals surface area contributed by atoms with Gasteiger partial charge in [-0.25, -0.2) is 0 Å². The first-order valence-electron chi connectivity index (χ1n) is 6.62. The number of hydrogen-bond donors (Lipinski definition) is 0. The molecule has 1 atom stereocenters. The van der Waals surface area contributed by atoms with Crippen LogP contribution < -0.4 is 0 Å². The summed E-state index contributed by atoms with van der Waals surface area (Å²) in [5, 5.41) is 1.47. The van der Waals surface area contributed by atoms with Crippen molar-refractivity contribution in [2.75, 3.05) is 0 Å². The maximum absolute atomic E-state index is 2.61. The molecule has 0 aliphatic rings. The predicted octanol–water partition coefficient (Wildman–Crippen LogP) is 5.79. The van der Waals surface area contributed by atoms with E-state index in [2.05, 4.69) is 74.3 Å². The summed E-state index contributed by atoms with van der Waals surface area (Å²) in [5.41, 5.74) is 0.466. The van der Waals surface area contributed by atoms with E-state index < -0.39 is 16.1 Å². The Morgan fingerprint density at radius 2 is 1.00 bits per heavy atom. The van der Waals surface area contributed by atoms with Crippen molar-refractivity contribution >= 4 is 16.1 Å². The molecule has 1 unspecified atom stereocenters. The van der Waals surface area contributed by atoms with E-state index in [-0.39, 0.29) is 0 Å². The van der Waals surface area contributed by atoms with Crippen molar-refractivity contribution in [3.63, 3.8) is 0 Å². The van der Waals surface area contributed by atoms with Gasteiger partial charge in [-0.15, -0.1) is 0 Å². The van der Waals surface area contributed by atoms with E-state index in [1.165, 1.54) is 0 Å². The molecule has 0 bridgehead atoms. The number of hydrogen-bond acceptors (Lipinski definition) is 0. The molecule has 0 aromatic heterocycles. The highest BCUT2D eigenvalue weighted by molar-refractivity contribution is 6.98. The van der Waals surface area contributed by atoms with Crippen molar-refractivity contribution in [3.05, 3.63) is 0 Å². The monoisotopic (exact) mass is 258 g/mol. The predicted molar refractivity (Wildman–Crippen MR) is 83.7 cm³/mol. The summed E-state index contributed by atoms with van der Waals surface area (Å²) < 4.78 is 0. The topological polar surface area (TPSA) is 0 Å². The Morgan fingerprint density at radius 3 is 1.06 bits per heavy atom. The highest BCUT2D eigenvalue weighted by Gasteiger charge is 2.51. The zero-order valence-corrected chi connectivity index (χ0v) is 15.6. The molecule has 0 saturated carbocycles. The highest BCUT2D eigenvalue weighted by atomic mass is 28.4. The standard InChI is InChI=1S/C14H34Si2/c1-13(2,3)12(15(7,8)9)16(10,11)14(4,5)6/h12H,1-11H3. The molecule has 0 heterocycles. The van der Waals surface area contributed by atoms with Gasteiger partial charge in [0.25, 0.3) is 0 Å². The zero-order valence-electron chi connectivity index (χ0n) is 13.6. The van der Waals surface area contributed by atoms with E-state index in [4.69, 9.17) is 0 Å². The van der Waals surface area contributed by atoms with Crippen molar-refractivity contribution in [2.45, 2.75) is 84.5 Å². The highest BCUT2D eigenvalue weighted by Crippen LogP contribution is 2.54. The molecular weight excluding hydrogens is 224 g/mol. The summed E-state index contributed by atoms with van der Waals surface area (Å²) in [5.74, 6) is 0. The Labute approximate surface area is 106 Å². The minimum Gasteiger partial charge on any atom is -0.0695 e.